The number of pyridine rings is 2. The van der Waals surface area contributed by atoms with Gasteiger partial charge in [0, 0.05) is 42.4 Å². The van der Waals surface area contributed by atoms with Crippen LogP contribution in [-0.2, 0) is 9.59 Å². The van der Waals surface area contributed by atoms with Gasteiger partial charge in [-0.15, -0.1) is 11.3 Å². The highest BCUT2D eigenvalue weighted by molar-refractivity contribution is 7.13. The SMILES string of the molecule is O=C(Nc1cc2cc(-c3cncs3)cnc2cn1)C1CCN(C(=O)CN2CCCC2)CC1. The molecule has 32 heavy (non-hydrogen) atoms. The zero-order valence-corrected chi connectivity index (χ0v) is 18.7. The van der Waals surface area contributed by atoms with Crippen molar-refractivity contribution in [3.05, 3.63) is 36.2 Å². The van der Waals surface area contributed by atoms with Crippen LogP contribution < -0.4 is 5.32 Å². The molecule has 1 N–H and O–H groups in total. The molecule has 2 fully saturated rings. The van der Waals surface area contributed by atoms with E-state index in [9.17, 15) is 9.59 Å². The summed E-state index contributed by atoms with van der Waals surface area (Å²) in [6.45, 7) is 3.82. The van der Waals surface area contributed by atoms with Crippen LogP contribution in [0.2, 0.25) is 0 Å². The van der Waals surface area contributed by atoms with Gasteiger partial charge in [0.05, 0.1) is 28.6 Å². The molecule has 0 saturated carbocycles. The van der Waals surface area contributed by atoms with Gasteiger partial charge in [-0.2, -0.15) is 0 Å². The summed E-state index contributed by atoms with van der Waals surface area (Å²) in [4.78, 5) is 43.5. The van der Waals surface area contributed by atoms with Crippen molar-refractivity contribution in [2.45, 2.75) is 25.7 Å². The number of nitrogens with zero attached hydrogens (tertiary/aromatic N) is 5. The van der Waals surface area contributed by atoms with Gasteiger partial charge in [-0.25, -0.2) is 4.98 Å². The van der Waals surface area contributed by atoms with E-state index in [0.717, 1.165) is 34.4 Å². The van der Waals surface area contributed by atoms with Crippen molar-refractivity contribution in [2.24, 2.45) is 5.92 Å². The number of amides is 2. The molecule has 166 valence electrons. The van der Waals surface area contributed by atoms with E-state index in [1.165, 1.54) is 12.8 Å². The monoisotopic (exact) mass is 450 g/mol. The number of rotatable bonds is 5. The molecule has 0 aromatic carbocycles. The summed E-state index contributed by atoms with van der Waals surface area (Å²) in [5, 5.41) is 3.88. The van der Waals surface area contributed by atoms with Crippen LogP contribution in [0.5, 0.6) is 0 Å². The van der Waals surface area contributed by atoms with E-state index in [4.69, 9.17) is 0 Å². The van der Waals surface area contributed by atoms with Crippen molar-refractivity contribution in [3.63, 3.8) is 0 Å². The number of carbonyl (C=O) groups is 2. The number of fused-ring (bicyclic) bond motifs is 1. The number of carbonyl (C=O) groups excluding carboxylic acids is 2. The molecule has 2 aliphatic heterocycles. The Labute approximate surface area is 190 Å². The molecule has 0 aliphatic carbocycles. The molecule has 2 aliphatic rings. The minimum absolute atomic E-state index is 0.0323. The quantitative estimate of drug-likeness (QED) is 0.643. The first-order chi connectivity index (χ1) is 15.7. The van der Waals surface area contributed by atoms with Gasteiger partial charge in [-0.3, -0.25) is 24.5 Å². The first-order valence-corrected chi connectivity index (χ1v) is 12.0. The zero-order chi connectivity index (χ0) is 21.9. The smallest absolute Gasteiger partial charge is 0.236 e. The molecular weight excluding hydrogens is 424 g/mol. The standard InChI is InChI=1S/C23H26N6O2S/c30-22(14-28-5-1-2-6-28)29-7-3-16(4-8-29)23(31)27-21-10-17-9-18(20-13-24-15-32-20)11-25-19(17)12-26-21/h9-13,15-16H,1-8,14H2,(H,26,27,31). The molecule has 3 aromatic rings. The van der Waals surface area contributed by atoms with E-state index in [1.807, 2.05) is 29.4 Å². The van der Waals surface area contributed by atoms with Crippen LogP contribution in [-0.4, -0.2) is 69.3 Å². The van der Waals surface area contributed by atoms with Crippen LogP contribution >= 0.6 is 11.3 Å². The molecule has 0 atom stereocenters. The summed E-state index contributed by atoms with van der Waals surface area (Å²) in [5.74, 6) is 0.574. The third-order valence-corrected chi connectivity index (χ3v) is 7.13. The van der Waals surface area contributed by atoms with Crippen LogP contribution in [0.1, 0.15) is 25.7 Å². The Kier molecular flexibility index (Phi) is 6.09. The maximum Gasteiger partial charge on any atom is 0.236 e. The van der Waals surface area contributed by atoms with E-state index in [0.29, 0.717) is 38.3 Å². The van der Waals surface area contributed by atoms with Gasteiger partial charge in [0.1, 0.15) is 5.82 Å². The number of likely N-dealkylation sites (tertiary alicyclic amines) is 2. The molecule has 0 spiro atoms. The normalized spacial score (nSPS) is 17.7. The minimum Gasteiger partial charge on any atom is -0.342 e. The van der Waals surface area contributed by atoms with Gasteiger partial charge in [0.25, 0.3) is 0 Å². The van der Waals surface area contributed by atoms with E-state index in [2.05, 4.69) is 25.2 Å². The van der Waals surface area contributed by atoms with Crippen molar-refractivity contribution in [3.8, 4) is 10.4 Å². The molecule has 2 saturated heterocycles. The fraction of sp³-hybridized carbons (Fsp3) is 0.435. The minimum atomic E-state index is -0.106. The Hall–Kier alpha value is -2.91. The van der Waals surface area contributed by atoms with Crippen LogP contribution in [0.25, 0.3) is 21.3 Å². The molecule has 9 heteroatoms. The molecule has 5 rings (SSSR count). The van der Waals surface area contributed by atoms with Crippen molar-refractivity contribution in [1.82, 2.24) is 24.8 Å². The average molecular weight is 451 g/mol. The molecular formula is C23H26N6O2S. The summed E-state index contributed by atoms with van der Waals surface area (Å²) in [6.07, 6.45) is 9.04. The van der Waals surface area contributed by atoms with Crippen LogP contribution in [0, 0.1) is 5.92 Å². The summed E-state index contributed by atoms with van der Waals surface area (Å²) < 4.78 is 0. The predicted octanol–water partition coefficient (Wildman–Crippen LogP) is 3.03. The number of hydrogen-bond acceptors (Lipinski definition) is 7. The van der Waals surface area contributed by atoms with Gasteiger partial charge in [-0.1, -0.05) is 0 Å². The molecule has 0 unspecified atom stereocenters. The Morgan fingerprint density at radius 3 is 2.59 bits per heavy atom. The van der Waals surface area contributed by atoms with Crippen LogP contribution in [0.4, 0.5) is 5.82 Å². The second kappa shape index (κ2) is 9.30. The Morgan fingerprint density at radius 1 is 1.03 bits per heavy atom. The number of nitrogens with one attached hydrogen (secondary N) is 1. The summed E-state index contributed by atoms with van der Waals surface area (Å²) in [6, 6.07) is 3.90. The third-order valence-electron chi connectivity index (χ3n) is 6.31. The molecule has 5 heterocycles. The van der Waals surface area contributed by atoms with Gasteiger partial charge in [0.2, 0.25) is 11.8 Å². The van der Waals surface area contributed by atoms with Crippen molar-refractivity contribution in [1.29, 1.82) is 0 Å². The molecule has 0 bridgehead atoms. The van der Waals surface area contributed by atoms with Gasteiger partial charge in [-0.05, 0) is 50.9 Å². The highest BCUT2D eigenvalue weighted by Gasteiger charge is 2.28. The lowest BCUT2D eigenvalue weighted by Crippen LogP contribution is -2.45. The number of piperidine rings is 1. The van der Waals surface area contributed by atoms with E-state index < -0.39 is 0 Å². The zero-order valence-electron chi connectivity index (χ0n) is 17.9. The highest BCUT2D eigenvalue weighted by atomic mass is 32.1. The third kappa shape index (κ3) is 4.63. The fourth-order valence-electron chi connectivity index (χ4n) is 4.44. The number of anilines is 1. The summed E-state index contributed by atoms with van der Waals surface area (Å²) in [7, 11) is 0. The van der Waals surface area contributed by atoms with Crippen molar-refractivity contribution < 1.29 is 9.59 Å². The lowest BCUT2D eigenvalue weighted by molar-refractivity contribution is -0.135. The second-order valence-corrected chi connectivity index (χ2v) is 9.37. The molecule has 0 radical (unpaired) electrons. The number of aromatic nitrogens is 3. The summed E-state index contributed by atoms with van der Waals surface area (Å²) in [5.41, 5.74) is 3.57. The lowest BCUT2D eigenvalue weighted by Gasteiger charge is -2.32. The number of hydrogen-bond donors (Lipinski definition) is 1. The number of thiazole rings is 1. The van der Waals surface area contributed by atoms with E-state index in [1.54, 1.807) is 23.0 Å². The molecule has 8 nitrogen and oxygen atoms in total. The largest absolute Gasteiger partial charge is 0.342 e. The first-order valence-electron chi connectivity index (χ1n) is 11.1. The van der Waals surface area contributed by atoms with Gasteiger partial charge in [0.15, 0.2) is 0 Å². The van der Waals surface area contributed by atoms with E-state index >= 15 is 0 Å². The van der Waals surface area contributed by atoms with Crippen molar-refractivity contribution in [2.75, 3.05) is 38.0 Å². The van der Waals surface area contributed by atoms with Gasteiger partial charge < -0.3 is 10.2 Å². The molecule has 3 aromatic heterocycles. The Balaban J connectivity index is 1.19. The second-order valence-electron chi connectivity index (χ2n) is 8.48. The van der Waals surface area contributed by atoms with Gasteiger partial charge >= 0.3 is 0 Å². The van der Waals surface area contributed by atoms with Crippen LogP contribution in [0.3, 0.4) is 0 Å². The lowest BCUT2D eigenvalue weighted by atomic mass is 9.96. The maximum atomic E-state index is 12.8. The average Bonchev–Trinajstić information content (AvgIpc) is 3.53. The topological polar surface area (TPSA) is 91.3 Å². The first kappa shape index (κ1) is 21.0. The van der Waals surface area contributed by atoms with Crippen molar-refractivity contribution >= 4 is 39.9 Å². The fourth-order valence-corrected chi connectivity index (χ4v) is 5.05. The highest BCUT2D eigenvalue weighted by Crippen LogP contribution is 2.27. The maximum absolute atomic E-state index is 12.8. The molecule has 2 amide bonds. The predicted molar refractivity (Wildman–Crippen MR) is 124 cm³/mol. The van der Waals surface area contributed by atoms with E-state index in [-0.39, 0.29) is 17.7 Å². The summed E-state index contributed by atoms with van der Waals surface area (Å²) >= 11 is 1.56. The Bertz CT molecular complexity index is 1100. The van der Waals surface area contributed by atoms with Crippen LogP contribution in [0.15, 0.2) is 36.2 Å². The Morgan fingerprint density at radius 2 is 1.84 bits per heavy atom.